The van der Waals surface area contributed by atoms with E-state index >= 15 is 0 Å². The number of anilines is 2. The summed E-state index contributed by atoms with van der Waals surface area (Å²) in [6.07, 6.45) is 3.91. The van der Waals surface area contributed by atoms with Gasteiger partial charge in [0.15, 0.2) is 0 Å². The van der Waals surface area contributed by atoms with Gasteiger partial charge in [0.25, 0.3) is 0 Å². The van der Waals surface area contributed by atoms with Crippen LogP contribution in [-0.4, -0.2) is 58.4 Å². The van der Waals surface area contributed by atoms with Crippen molar-refractivity contribution >= 4 is 41.4 Å². The van der Waals surface area contributed by atoms with Crippen molar-refractivity contribution in [3.05, 3.63) is 41.3 Å². The van der Waals surface area contributed by atoms with Crippen LogP contribution in [0.4, 0.5) is 10.9 Å². The monoisotopic (exact) mass is 524 g/mol. The largest absolute Gasteiger partial charge is 0.361 e. The molecule has 0 atom stereocenters. The molecule has 0 fully saturated rings. The normalized spacial score (nSPS) is 12.1. The fraction of sp³-hybridized carbons (Fsp3) is 0.480. The van der Waals surface area contributed by atoms with Crippen LogP contribution in [0.2, 0.25) is 25.7 Å². The summed E-state index contributed by atoms with van der Waals surface area (Å²) >= 11 is 1.58. The van der Waals surface area contributed by atoms with Gasteiger partial charge >= 0.3 is 0 Å². The van der Waals surface area contributed by atoms with Crippen LogP contribution in [0.1, 0.15) is 30.5 Å². The van der Waals surface area contributed by atoms with E-state index in [4.69, 9.17) is 9.72 Å². The zero-order valence-electron chi connectivity index (χ0n) is 22.2. The Hall–Kier alpha value is -2.73. The third-order valence-corrected chi connectivity index (χ3v) is 8.68. The number of ether oxygens (including phenoxy) is 1. The first-order chi connectivity index (χ1) is 17.1. The number of fused-ring (bicyclic) bond motifs is 1. The molecule has 9 nitrogen and oxygen atoms in total. The minimum atomic E-state index is -1.19. The van der Waals surface area contributed by atoms with Gasteiger partial charge in [0, 0.05) is 57.7 Å². The van der Waals surface area contributed by atoms with Gasteiger partial charge in [0.05, 0.1) is 16.7 Å². The maximum Gasteiger partial charge on any atom is 0.215 e. The predicted molar refractivity (Wildman–Crippen MR) is 150 cm³/mol. The van der Waals surface area contributed by atoms with Crippen LogP contribution in [0.15, 0.2) is 30.6 Å². The minimum Gasteiger partial charge on any atom is -0.361 e. The molecule has 0 aliphatic heterocycles. The lowest BCUT2D eigenvalue weighted by Gasteiger charge is -2.22. The van der Waals surface area contributed by atoms with Crippen LogP contribution in [-0.2, 0) is 18.3 Å². The molecule has 0 spiro atoms. The molecular weight excluding hydrogens is 488 g/mol. The van der Waals surface area contributed by atoms with Crippen molar-refractivity contribution in [2.24, 2.45) is 7.05 Å². The Morgan fingerprint density at radius 1 is 1.17 bits per heavy atom. The average Bonchev–Trinajstić information content (AvgIpc) is 3.45. The molecule has 4 rings (SSSR count). The summed E-state index contributed by atoms with van der Waals surface area (Å²) in [5.41, 5.74) is 4.66. The molecule has 0 unspecified atom stereocenters. The van der Waals surface area contributed by atoms with E-state index in [9.17, 15) is 0 Å². The molecule has 0 aliphatic carbocycles. The molecule has 0 aliphatic rings. The van der Waals surface area contributed by atoms with Crippen LogP contribution in [0.5, 0.6) is 0 Å². The Kier molecular flexibility index (Phi) is 8.13. The van der Waals surface area contributed by atoms with E-state index in [0.29, 0.717) is 19.2 Å². The van der Waals surface area contributed by atoms with Crippen LogP contribution < -0.4 is 10.2 Å². The maximum atomic E-state index is 6.13. The van der Waals surface area contributed by atoms with Crippen molar-refractivity contribution in [3.8, 4) is 11.1 Å². The van der Waals surface area contributed by atoms with Gasteiger partial charge in [-0.25, -0.2) is 4.98 Å². The number of hydrogen-bond donors (Lipinski definition) is 1. The molecule has 0 bridgehead atoms. The quantitative estimate of drug-likeness (QED) is 0.163. The first-order valence-corrected chi connectivity index (χ1v) is 16.8. The molecule has 0 saturated carbocycles. The molecule has 4 aromatic heterocycles. The van der Waals surface area contributed by atoms with Gasteiger partial charge in [-0.1, -0.05) is 44.8 Å². The van der Waals surface area contributed by atoms with Gasteiger partial charge in [0.1, 0.15) is 17.6 Å². The van der Waals surface area contributed by atoms with Gasteiger partial charge in [-0.15, -0.1) is 10.2 Å². The molecule has 0 aromatic carbocycles. The Labute approximate surface area is 218 Å². The number of nitrogens with one attached hydrogen (secondary N) is 1. The smallest absolute Gasteiger partial charge is 0.215 e. The Bertz CT molecular complexity index is 1310. The highest BCUT2D eigenvalue weighted by Gasteiger charge is 2.20. The summed E-state index contributed by atoms with van der Waals surface area (Å²) in [6, 6.07) is 7.15. The highest BCUT2D eigenvalue weighted by molar-refractivity contribution is 7.15. The number of aryl methyl sites for hydroxylation is 1. The second-order valence-corrected chi connectivity index (χ2v) is 17.1. The van der Waals surface area contributed by atoms with Crippen molar-refractivity contribution in [1.29, 1.82) is 0 Å². The van der Waals surface area contributed by atoms with Gasteiger partial charge in [-0.2, -0.15) is 5.10 Å². The molecule has 0 saturated heterocycles. The van der Waals surface area contributed by atoms with E-state index < -0.39 is 8.07 Å². The molecule has 192 valence electrons. The van der Waals surface area contributed by atoms with E-state index in [1.165, 1.54) is 0 Å². The Morgan fingerprint density at radius 3 is 2.67 bits per heavy atom. The molecule has 11 heteroatoms. The molecule has 0 amide bonds. The van der Waals surface area contributed by atoms with Crippen LogP contribution in [0, 0.1) is 0 Å². The van der Waals surface area contributed by atoms with E-state index in [1.807, 2.05) is 48.2 Å². The average molecular weight is 525 g/mol. The fourth-order valence-corrected chi connectivity index (χ4v) is 5.29. The minimum absolute atomic E-state index is 0.313. The number of nitrogens with zero attached hydrogens (tertiary/aromatic N) is 7. The molecule has 0 radical (unpaired) electrons. The second kappa shape index (κ2) is 11.1. The van der Waals surface area contributed by atoms with Gasteiger partial charge < -0.3 is 10.1 Å². The Morgan fingerprint density at radius 2 is 1.97 bits per heavy atom. The standard InChI is InChI=1S/C25H36N8OSSi/c1-17(2)24-29-30-25(35-24)33(16-34-10-11-36(5,6)7)23-9-8-20-21(28-23)12-18(13-27-20)19-15-32(4)31-22(19)14-26-3/h8-9,12-13,15,17,26H,10-11,14,16H2,1-7H3. The zero-order chi connectivity index (χ0) is 25.9. The van der Waals surface area contributed by atoms with E-state index in [0.717, 1.165) is 56.5 Å². The fourth-order valence-electron chi connectivity index (χ4n) is 3.69. The predicted octanol–water partition coefficient (Wildman–Crippen LogP) is 5.18. The number of pyridine rings is 2. The third-order valence-electron chi connectivity index (χ3n) is 5.73. The van der Waals surface area contributed by atoms with Crippen molar-refractivity contribution in [2.75, 3.05) is 25.3 Å². The van der Waals surface area contributed by atoms with E-state index in [2.05, 4.69) is 65.2 Å². The van der Waals surface area contributed by atoms with Crippen molar-refractivity contribution in [3.63, 3.8) is 0 Å². The lowest BCUT2D eigenvalue weighted by Crippen LogP contribution is -2.26. The van der Waals surface area contributed by atoms with Gasteiger partial charge in [-0.05, 0) is 31.3 Å². The van der Waals surface area contributed by atoms with E-state index in [-0.39, 0.29) is 0 Å². The molecule has 36 heavy (non-hydrogen) atoms. The topological polar surface area (TPSA) is 93.9 Å². The van der Waals surface area contributed by atoms with Crippen molar-refractivity contribution in [1.82, 2.24) is 35.3 Å². The van der Waals surface area contributed by atoms with Gasteiger partial charge in [-0.3, -0.25) is 14.6 Å². The molecule has 1 N–H and O–H groups in total. The number of rotatable bonds is 11. The van der Waals surface area contributed by atoms with Crippen LogP contribution in [0.3, 0.4) is 0 Å². The lowest BCUT2D eigenvalue weighted by molar-refractivity contribution is 0.153. The van der Waals surface area contributed by atoms with Crippen LogP contribution >= 0.6 is 11.3 Å². The first kappa shape index (κ1) is 26.3. The summed E-state index contributed by atoms with van der Waals surface area (Å²) in [5.74, 6) is 1.08. The molecular formula is C25H36N8OSSi. The summed E-state index contributed by atoms with van der Waals surface area (Å²) in [7, 11) is 2.67. The third kappa shape index (κ3) is 6.33. The summed E-state index contributed by atoms with van der Waals surface area (Å²) in [6.45, 7) is 13.1. The van der Waals surface area contributed by atoms with Crippen LogP contribution in [0.25, 0.3) is 22.2 Å². The number of aromatic nitrogens is 6. The molecule has 4 aromatic rings. The highest BCUT2D eigenvalue weighted by Crippen LogP contribution is 2.32. The first-order valence-electron chi connectivity index (χ1n) is 12.3. The van der Waals surface area contributed by atoms with Crippen molar-refractivity contribution in [2.45, 2.75) is 52.0 Å². The summed E-state index contributed by atoms with van der Waals surface area (Å²) in [4.78, 5) is 11.7. The summed E-state index contributed by atoms with van der Waals surface area (Å²) < 4.78 is 7.96. The van der Waals surface area contributed by atoms with Gasteiger partial charge in [0.2, 0.25) is 5.13 Å². The zero-order valence-corrected chi connectivity index (χ0v) is 24.1. The number of hydrogen-bond acceptors (Lipinski definition) is 9. The summed E-state index contributed by atoms with van der Waals surface area (Å²) in [5, 5.41) is 18.4. The SMILES string of the molecule is CNCc1nn(C)cc1-c1cnc2ccc(N(COCC[Si](C)(C)C)c3nnc(C(C)C)s3)nc2c1. The molecule has 4 heterocycles. The Balaban J connectivity index is 1.68. The second-order valence-electron chi connectivity index (χ2n) is 10.5. The highest BCUT2D eigenvalue weighted by atomic mass is 32.1. The maximum absolute atomic E-state index is 6.13. The van der Waals surface area contributed by atoms with E-state index in [1.54, 1.807) is 11.3 Å². The van der Waals surface area contributed by atoms with Crippen molar-refractivity contribution < 1.29 is 4.74 Å². The lowest BCUT2D eigenvalue weighted by atomic mass is 10.1.